The van der Waals surface area contributed by atoms with E-state index < -0.39 is 27.7 Å². The number of carbonyl (C=O) groups excluding carboxylic acids is 3. The molecule has 0 aliphatic rings. The van der Waals surface area contributed by atoms with Crippen molar-refractivity contribution in [2.24, 2.45) is 0 Å². The molecule has 0 unspecified atom stereocenters. The van der Waals surface area contributed by atoms with E-state index in [0.29, 0.717) is 13.2 Å². The summed E-state index contributed by atoms with van der Waals surface area (Å²) in [6, 6.07) is 7.74. The molecule has 0 aliphatic heterocycles. The van der Waals surface area contributed by atoms with Gasteiger partial charge in [0, 0.05) is 20.2 Å². The quantitative estimate of drug-likeness (QED) is 0.173. The molecule has 0 aromatic heterocycles. The van der Waals surface area contributed by atoms with Crippen LogP contribution in [-0.2, 0) is 29.1 Å². The number of hydrogen-bond donors (Lipinski definition) is 3. The lowest BCUT2D eigenvalue weighted by atomic mass is 10.1. The molecule has 10 heteroatoms. The lowest BCUT2D eigenvalue weighted by molar-refractivity contribution is -0.138. The first-order valence-corrected chi connectivity index (χ1v) is 13.2. The van der Waals surface area contributed by atoms with E-state index in [4.69, 9.17) is 4.74 Å². The van der Waals surface area contributed by atoms with Crippen molar-refractivity contribution in [3.05, 3.63) is 42.5 Å². The fourth-order valence-corrected chi connectivity index (χ4v) is 4.01. The zero-order valence-corrected chi connectivity index (χ0v) is 20.7. The molecule has 0 bridgehead atoms. The lowest BCUT2D eigenvalue weighted by Gasteiger charge is -2.07. The second kappa shape index (κ2) is 17.7. The number of sulfonamides is 1. The van der Waals surface area contributed by atoms with Crippen molar-refractivity contribution >= 4 is 27.7 Å². The van der Waals surface area contributed by atoms with Crippen LogP contribution in [0.4, 0.5) is 0 Å². The van der Waals surface area contributed by atoms with Gasteiger partial charge in [0.15, 0.2) is 0 Å². The zero-order valence-electron chi connectivity index (χ0n) is 19.9. The highest BCUT2D eigenvalue weighted by Crippen LogP contribution is 2.08. The third kappa shape index (κ3) is 13.7. The van der Waals surface area contributed by atoms with Crippen molar-refractivity contribution in [3.8, 4) is 0 Å². The van der Waals surface area contributed by atoms with Crippen LogP contribution >= 0.6 is 0 Å². The lowest BCUT2D eigenvalue weighted by Crippen LogP contribution is -2.38. The number of rotatable bonds is 17. The van der Waals surface area contributed by atoms with Crippen molar-refractivity contribution in [2.45, 2.75) is 62.7 Å². The molecule has 1 aromatic rings. The van der Waals surface area contributed by atoms with Crippen molar-refractivity contribution in [1.82, 2.24) is 15.4 Å². The Labute approximate surface area is 202 Å². The smallest absolute Gasteiger partial charge is 0.309 e. The molecule has 0 atom stereocenters. The van der Waals surface area contributed by atoms with Gasteiger partial charge in [-0.05, 0) is 50.7 Å². The summed E-state index contributed by atoms with van der Waals surface area (Å²) in [5, 5.41) is 4.85. The highest BCUT2D eigenvalue weighted by molar-refractivity contribution is 7.90. The second-order valence-corrected chi connectivity index (χ2v) is 9.44. The van der Waals surface area contributed by atoms with Crippen LogP contribution in [0.3, 0.4) is 0 Å². The van der Waals surface area contributed by atoms with Gasteiger partial charge in [0.1, 0.15) is 6.61 Å². The predicted octanol–water partition coefficient (Wildman–Crippen LogP) is 2.44. The van der Waals surface area contributed by atoms with Crippen LogP contribution in [0.15, 0.2) is 47.4 Å². The number of ether oxygens (including phenoxy) is 1. The van der Waals surface area contributed by atoms with E-state index in [9.17, 15) is 22.8 Å². The normalized spacial score (nSPS) is 11.3. The van der Waals surface area contributed by atoms with E-state index in [2.05, 4.69) is 22.8 Å². The molecule has 1 rings (SSSR count). The Bertz CT molecular complexity index is 872. The molecule has 34 heavy (non-hydrogen) atoms. The molecule has 0 aliphatic carbocycles. The SMILES string of the molecule is CNC(=O)C(=O)NCCCC/C=C\CCCCCCCOCC(=O)NS(=O)(=O)c1ccccc1. The maximum Gasteiger partial charge on any atom is 0.309 e. The Morgan fingerprint density at radius 2 is 1.47 bits per heavy atom. The van der Waals surface area contributed by atoms with Gasteiger partial charge in [0.05, 0.1) is 4.90 Å². The standard InChI is InChI=1S/C24H37N3O6S/c1-25-23(29)24(30)26-18-14-9-7-5-3-2-4-6-8-10-15-19-33-20-22(28)27-34(31,32)21-16-12-11-13-17-21/h3,5,11-13,16-17H,2,4,6-10,14-15,18-20H2,1H3,(H,25,29)(H,26,30)(H,27,28)/b5-3-. The van der Waals surface area contributed by atoms with Crippen LogP contribution in [0.1, 0.15) is 57.8 Å². The van der Waals surface area contributed by atoms with E-state index in [1.807, 2.05) is 4.72 Å². The minimum Gasteiger partial charge on any atom is -0.372 e. The second-order valence-electron chi connectivity index (χ2n) is 7.75. The number of unbranched alkanes of at least 4 members (excludes halogenated alkanes) is 7. The van der Waals surface area contributed by atoms with Crippen molar-refractivity contribution in [1.29, 1.82) is 0 Å². The van der Waals surface area contributed by atoms with Crippen molar-refractivity contribution in [3.63, 3.8) is 0 Å². The Morgan fingerprint density at radius 3 is 2.15 bits per heavy atom. The molecular formula is C24H37N3O6S. The molecule has 0 heterocycles. The fourth-order valence-electron chi connectivity index (χ4n) is 3.02. The van der Waals surface area contributed by atoms with Crippen LogP contribution in [0.5, 0.6) is 0 Å². The molecule has 0 radical (unpaired) electrons. The van der Waals surface area contributed by atoms with Gasteiger partial charge in [-0.2, -0.15) is 0 Å². The topological polar surface area (TPSA) is 131 Å². The van der Waals surface area contributed by atoms with Crippen LogP contribution in [0.25, 0.3) is 0 Å². The maximum absolute atomic E-state index is 12.0. The highest BCUT2D eigenvalue weighted by Gasteiger charge is 2.16. The summed E-state index contributed by atoms with van der Waals surface area (Å²) in [7, 11) is -2.42. The summed E-state index contributed by atoms with van der Waals surface area (Å²) >= 11 is 0. The summed E-state index contributed by atoms with van der Waals surface area (Å²) in [4.78, 5) is 34.1. The summed E-state index contributed by atoms with van der Waals surface area (Å²) in [6.45, 7) is 0.640. The average Bonchev–Trinajstić information content (AvgIpc) is 2.83. The van der Waals surface area contributed by atoms with E-state index in [1.54, 1.807) is 18.2 Å². The minimum absolute atomic E-state index is 0.0442. The maximum atomic E-state index is 12.0. The molecule has 0 spiro atoms. The molecular weight excluding hydrogens is 458 g/mol. The number of hydrogen-bond acceptors (Lipinski definition) is 6. The summed E-state index contributed by atoms with van der Waals surface area (Å²) in [5.74, 6) is -1.89. The first kappa shape index (κ1) is 29.3. The first-order chi connectivity index (χ1) is 16.4. The molecule has 0 fully saturated rings. The number of benzene rings is 1. The number of carbonyl (C=O) groups is 3. The Kier molecular flexibility index (Phi) is 15.3. The molecule has 3 amide bonds. The Balaban J connectivity index is 1.92. The highest BCUT2D eigenvalue weighted by atomic mass is 32.2. The average molecular weight is 496 g/mol. The van der Waals surface area contributed by atoms with Gasteiger partial charge >= 0.3 is 11.8 Å². The predicted molar refractivity (Wildman–Crippen MR) is 130 cm³/mol. The van der Waals surface area contributed by atoms with Crippen LogP contribution < -0.4 is 15.4 Å². The number of amides is 3. The van der Waals surface area contributed by atoms with Gasteiger partial charge in [0.25, 0.3) is 15.9 Å². The third-order valence-electron chi connectivity index (χ3n) is 4.88. The molecule has 1 aromatic carbocycles. The third-order valence-corrected chi connectivity index (χ3v) is 6.27. The summed E-state index contributed by atoms with van der Waals surface area (Å²) in [5.41, 5.74) is 0. The Morgan fingerprint density at radius 1 is 0.853 bits per heavy atom. The summed E-state index contributed by atoms with van der Waals surface area (Å²) in [6.07, 6.45) is 13.2. The monoisotopic (exact) mass is 495 g/mol. The van der Waals surface area contributed by atoms with E-state index in [0.717, 1.165) is 57.8 Å². The molecule has 190 valence electrons. The molecule has 0 saturated carbocycles. The van der Waals surface area contributed by atoms with Crippen molar-refractivity contribution in [2.75, 3.05) is 26.8 Å². The van der Waals surface area contributed by atoms with Gasteiger partial charge < -0.3 is 15.4 Å². The van der Waals surface area contributed by atoms with Gasteiger partial charge in [-0.25, -0.2) is 13.1 Å². The van der Waals surface area contributed by atoms with Gasteiger partial charge in [-0.15, -0.1) is 0 Å². The number of nitrogens with one attached hydrogen (secondary N) is 3. The van der Waals surface area contributed by atoms with Gasteiger partial charge in [-0.3, -0.25) is 14.4 Å². The van der Waals surface area contributed by atoms with Crippen LogP contribution in [-0.4, -0.2) is 52.9 Å². The number of allylic oxidation sites excluding steroid dienone is 2. The molecule has 0 saturated heterocycles. The molecule has 9 nitrogen and oxygen atoms in total. The Hall–Kier alpha value is -2.72. The van der Waals surface area contributed by atoms with E-state index in [-0.39, 0.29) is 11.5 Å². The van der Waals surface area contributed by atoms with Crippen LogP contribution in [0, 0.1) is 0 Å². The minimum atomic E-state index is -3.85. The fraction of sp³-hybridized carbons (Fsp3) is 0.542. The van der Waals surface area contributed by atoms with Crippen molar-refractivity contribution < 1.29 is 27.5 Å². The van der Waals surface area contributed by atoms with Gasteiger partial charge in [-0.1, -0.05) is 49.6 Å². The largest absolute Gasteiger partial charge is 0.372 e. The van der Waals surface area contributed by atoms with Crippen LogP contribution in [0.2, 0.25) is 0 Å². The zero-order chi connectivity index (χ0) is 25.1. The first-order valence-electron chi connectivity index (χ1n) is 11.7. The number of likely N-dealkylation sites (N-methyl/N-ethyl adjacent to an activating group) is 1. The summed E-state index contributed by atoms with van der Waals surface area (Å²) < 4.78 is 31.4. The van der Waals surface area contributed by atoms with E-state index >= 15 is 0 Å². The van der Waals surface area contributed by atoms with Gasteiger partial charge in [0.2, 0.25) is 0 Å². The molecule has 3 N–H and O–H groups in total. The van der Waals surface area contributed by atoms with E-state index in [1.165, 1.54) is 19.2 Å².